The maximum atomic E-state index is 10.4. The van der Waals surface area contributed by atoms with E-state index in [0.717, 1.165) is 36.4 Å². The van der Waals surface area contributed by atoms with E-state index < -0.39 is 0 Å². The van der Waals surface area contributed by atoms with Gasteiger partial charge in [0.15, 0.2) is 11.5 Å². The highest BCUT2D eigenvalue weighted by atomic mass is 16.5. The molecule has 4 heteroatoms. The van der Waals surface area contributed by atoms with Gasteiger partial charge >= 0.3 is 0 Å². The van der Waals surface area contributed by atoms with Crippen molar-refractivity contribution in [2.75, 3.05) is 20.8 Å². The lowest BCUT2D eigenvalue weighted by Gasteiger charge is -2.35. The third kappa shape index (κ3) is 7.25. The highest BCUT2D eigenvalue weighted by Crippen LogP contribution is 2.34. The van der Waals surface area contributed by atoms with E-state index in [-0.39, 0.29) is 12.1 Å². The fourth-order valence-electron chi connectivity index (χ4n) is 3.12. The van der Waals surface area contributed by atoms with Crippen molar-refractivity contribution in [1.82, 2.24) is 5.32 Å². The van der Waals surface area contributed by atoms with Gasteiger partial charge in [-0.05, 0) is 42.4 Å². The van der Waals surface area contributed by atoms with Crippen LogP contribution >= 0.6 is 0 Å². The van der Waals surface area contributed by atoms with E-state index in [1.54, 1.807) is 14.2 Å². The van der Waals surface area contributed by atoms with Gasteiger partial charge in [0.05, 0.1) is 20.3 Å². The zero-order valence-corrected chi connectivity index (χ0v) is 17.4. The molecule has 2 N–H and O–H groups in total. The van der Waals surface area contributed by atoms with Crippen molar-refractivity contribution in [2.45, 2.75) is 66.5 Å². The Kier molecular flexibility index (Phi) is 12.4. The summed E-state index contributed by atoms with van der Waals surface area (Å²) in [7, 11) is 3.28. The van der Waals surface area contributed by atoms with Gasteiger partial charge in [-0.15, -0.1) is 0 Å². The summed E-state index contributed by atoms with van der Waals surface area (Å²) in [5.74, 6) is 2.43. The van der Waals surface area contributed by atoms with Crippen molar-refractivity contribution in [3.05, 3.63) is 23.8 Å². The van der Waals surface area contributed by atoms with E-state index in [4.69, 9.17) is 9.47 Å². The Hall–Kier alpha value is -1.26. The van der Waals surface area contributed by atoms with Gasteiger partial charge in [-0.25, -0.2) is 0 Å². The number of piperidine rings is 1. The minimum absolute atomic E-state index is 0.170. The Morgan fingerprint density at radius 1 is 1.08 bits per heavy atom. The van der Waals surface area contributed by atoms with Crippen LogP contribution in [0.1, 0.15) is 66.0 Å². The van der Waals surface area contributed by atoms with Gasteiger partial charge in [-0.3, -0.25) is 0 Å². The highest BCUT2D eigenvalue weighted by Gasteiger charge is 2.30. The number of ether oxygens (including phenoxy) is 2. The molecule has 4 nitrogen and oxygen atoms in total. The highest BCUT2D eigenvalue weighted by molar-refractivity contribution is 5.43. The molecule has 3 unspecified atom stereocenters. The zero-order chi connectivity index (χ0) is 19.4. The fraction of sp³-hybridized carbons (Fsp3) is 0.714. The Balaban J connectivity index is 0.00000134. The van der Waals surface area contributed by atoms with Gasteiger partial charge < -0.3 is 19.9 Å². The molecule has 1 fully saturated rings. The minimum Gasteiger partial charge on any atom is -0.493 e. The van der Waals surface area contributed by atoms with Crippen LogP contribution in [0.2, 0.25) is 0 Å². The van der Waals surface area contributed by atoms with E-state index in [1.165, 1.54) is 0 Å². The normalized spacial score (nSPS) is 22.2. The van der Waals surface area contributed by atoms with Gasteiger partial charge in [0, 0.05) is 12.6 Å². The molecular weight excluding hydrogens is 314 g/mol. The average molecular weight is 354 g/mol. The summed E-state index contributed by atoms with van der Waals surface area (Å²) in [4.78, 5) is 0. The van der Waals surface area contributed by atoms with Gasteiger partial charge in [-0.1, -0.05) is 47.6 Å². The second kappa shape index (κ2) is 13.0. The monoisotopic (exact) mass is 353 g/mol. The molecule has 1 heterocycles. The number of hydrogen-bond acceptors (Lipinski definition) is 4. The van der Waals surface area contributed by atoms with Crippen LogP contribution in [0.5, 0.6) is 11.5 Å². The van der Waals surface area contributed by atoms with Gasteiger partial charge in [0.2, 0.25) is 0 Å². The molecule has 1 aromatic rings. The summed E-state index contributed by atoms with van der Waals surface area (Å²) in [6, 6.07) is 6.12. The molecule has 0 spiro atoms. The van der Waals surface area contributed by atoms with Crippen molar-refractivity contribution < 1.29 is 14.6 Å². The molecule has 1 aromatic carbocycles. The van der Waals surface area contributed by atoms with E-state index in [2.05, 4.69) is 19.2 Å². The number of methoxy groups -OCH3 is 2. The van der Waals surface area contributed by atoms with Crippen LogP contribution in [0.15, 0.2) is 18.2 Å². The summed E-state index contributed by atoms with van der Waals surface area (Å²) in [6.07, 6.45) is 1.56. The summed E-state index contributed by atoms with van der Waals surface area (Å²) in [5.41, 5.74) is 1.13. The maximum Gasteiger partial charge on any atom is 0.161 e. The first-order chi connectivity index (χ1) is 12.0. The topological polar surface area (TPSA) is 50.7 Å². The first kappa shape index (κ1) is 23.7. The second-order valence-corrected chi connectivity index (χ2v) is 6.27. The lowest BCUT2D eigenvalue weighted by Crippen LogP contribution is -2.42. The van der Waals surface area contributed by atoms with Crippen molar-refractivity contribution >= 4 is 0 Å². The summed E-state index contributed by atoms with van der Waals surface area (Å²) < 4.78 is 10.6. The number of aliphatic hydroxyl groups is 1. The molecule has 3 atom stereocenters. The van der Waals surface area contributed by atoms with Crippen molar-refractivity contribution in [2.24, 2.45) is 11.8 Å². The molecule has 1 saturated heterocycles. The SMILES string of the molecule is CC.CC.COc1ccc(C2CC(O)C(CC(C)C)CN2)cc1OC. The Morgan fingerprint density at radius 2 is 1.68 bits per heavy atom. The van der Waals surface area contributed by atoms with Crippen LogP contribution in [-0.2, 0) is 0 Å². The zero-order valence-electron chi connectivity index (χ0n) is 17.4. The van der Waals surface area contributed by atoms with Crippen molar-refractivity contribution in [3.63, 3.8) is 0 Å². The first-order valence-electron chi connectivity index (χ1n) is 9.68. The summed E-state index contributed by atoms with van der Waals surface area (Å²) in [6.45, 7) is 13.3. The molecule has 0 aliphatic carbocycles. The number of aliphatic hydroxyl groups excluding tert-OH is 1. The average Bonchev–Trinajstić information content (AvgIpc) is 2.65. The summed E-state index contributed by atoms with van der Waals surface area (Å²) in [5, 5.41) is 13.9. The Morgan fingerprint density at radius 3 is 2.16 bits per heavy atom. The van der Waals surface area contributed by atoms with Crippen LogP contribution in [0.4, 0.5) is 0 Å². The molecular formula is C21H39NO3. The molecule has 25 heavy (non-hydrogen) atoms. The number of benzene rings is 1. The van der Waals surface area contributed by atoms with Crippen LogP contribution in [0.25, 0.3) is 0 Å². The Labute approximate surface area is 154 Å². The molecule has 1 aliphatic heterocycles. The number of hydrogen-bond donors (Lipinski definition) is 2. The van der Waals surface area contributed by atoms with Gasteiger partial charge in [-0.2, -0.15) is 0 Å². The van der Waals surface area contributed by atoms with Crippen molar-refractivity contribution in [3.8, 4) is 11.5 Å². The Bertz CT molecular complexity index is 462. The smallest absolute Gasteiger partial charge is 0.161 e. The van der Waals surface area contributed by atoms with Gasteiger partial charge in [0.1, 0.15) is 0 Å². The van der Waals surface area contributed by atoms with Crippen molar-refractivity contribution in [1.29, 1.82) is 0 Å². The lowest BCUT2D eigenvalue weighted by atomic mass is 9.84. The third-order valence-corrected chi connectivity index (χ3v) is 4.23. The molecule has 0 radical (unpaired) electrons. The molecule has 146 valence electrons. The van der Waals surface area contributed by atoms with Crippen LogP contribution in [-0.4, -0.2) is 32.0 Å². The van der Waals surface area contributed by atoms with Gasteiger partial charge in [0.25, 0.3) is 0 Å². The van der Waals surface area contributed by atoms with E-state index in [0.29, 0.717) is 11.8 Å². The molecule has 0 saturated carbocycles. The number of nitrogens with one attached hydrogen (secondary N) is 1. The number of rotatable bonds is 5. The quantitative estimate of drug-likeness (QED) is 0.797. The fourth-order valence-corrected chi connectivity index (χ4v) is 3.12. The van der Waals surface area contributed by atoms with Crippen LogP contribution in [0.3, 0.4) is 0 Å². The largest absolute Gasteiger partial charge is 0.493 e. The van der Waals surface area contributed by atoms with E-state index >= 15 is 0 Å². The summed E-state index contributed by atoms with van der Waals surface area (Å²) >= 11 is 0. The maximum absolute atomic E-state index is 10.4. The molecule has 0 aromatic heterocycles. The lowest BCUT2D eigenvalue weighted by molar-refractivity contribution is 0.0499. The predicted molar refractivity (Wildman–Crippen MR) is 107 cm³/mol. The predicted octanol–water partition coefficient (Wildman–Crippen LogP) is 4.81. The van der Waals surface area contributed by atoms with E-state index in [9.17, 15) is 5.11 Å². The third-order valence-electron chi connectivity index (χ3n) is 4.23. The minimum atomic E-state index is -0.244. The first-order valence-corrected chi connectivity index (χ1v) is 9.68. The standard InChI is InChI=1S/C17H27NO3.2C2H6/c1-11(2)7-13-10-18-14(9-15(13)19)12-5-6-16(20-3)17(8-12)21-4;2*1-2/h5-6,8,11,13-15,18-19H,7,9-10H2,1-4H3;2*1-2H3. The van der Waals surface area contributed by atoms with Crippen LogP contribution in [0, 0.1) is 11.8 Å². The van der Waals surface area contributed by atoms with E-state index in [1.807, 2.05) is 45.9 Å². The molecule has 2 rings (SSSR count). The second-order valence-electron chi connectivity index (χ2n) is 6.27. The molecule has 0 amide bonds. The molecule has 0 bridgehead atoms. The molecule has 1 aliphatic rings. The van der Waals surface area contributed by atoms with Crippen LogP contribution < -0.4 is 14.8 Å².